The standard InChI is InChI=1S/C26H30FN5O/c1-25(2)15-19(16-26(3,4)32-25)29-22-13-14-28-23(31-22)17-9-11-18(12-10-17)30-24(33)20-7-5-6-8-21(20)27/h5-14,19,32H,15-16H2,1-4H3,(H,30,33)(H,28,29,31). The number of benzene rings is 2. The predicted molar refractivity (Wildman–Crippen MR) is 130 cm³/mol. The smallest absolute Gasteiger partial charge is 0.258 e. The average Bonchev–Trinajstić information content (AvgIpc) is 2.72. The number of carbonyl (C=O) groups excluding carboxylic acids is 1. The Morgan fingerprint density at radius 2 is 1.67 bits per heavy atom. The van der Waals surface area contributed by atoms with Gasteiger partial charge >= 0.3 is 0 Å². The molecule has 172 valence electrons. The van der Waals surface area contributed by atoms with Gasteiger partial charge in [0.05, 0.1) is 5.56 Å². The third kappa shape index (κ3) is 5.73. The van der Waals surface area contributed by atoms with Crippen molar-refractivity contribution < 1.29 is 9.18 Å². The Kier molecular flexibility index (Phi) is 6.17. The van der Waals surface area contributed by atoms with Crippen LogP contribution in [0.5, 0.6) is 0 Å². The molecule has 0 unspecified atom stereocenters. The van der Waals surface area contributed by atoms with Crippen LogP contribution in [-0.2, 0) is 0 Å². The molecular formula is C26H30FN5O. The van der Waals surface area contributed by atoms with E-state index in [1.807, 2.05) is 18.2 Å². The van der Waals surface area contributed by atoms with E-state index in [1.54, 1.807) is 30.5 Å². The summed E-state index contributed by atoms with van der Waals surface area (Å²) >= 11 is 0. The maximum Gasteiger partial charge on any atom is 0.258 e. The van der Waals surface area contributed by atoms with E-state index in [0.29, 0.717) is 17.6 Å². The van der Waals surface area contributed by atoms with Crippen LogP contribution in [0.15, 0.2) is 60.8 Å². The van der Waals surface area contributed by atoms with Gasteiger partial charge in [-0.15, -0.1) is 0 Å². The van der Waals surface area contributed by atoms with Gasteiger partial charge in [-0.3, -0.25) is 4.79 Å². The molecule has 1 aliphatic heterocycles. The number of nitrogens with zero attached hydrogens (tertiary/aromatic N) is 2. The van der Waals surface area contributed by atoms with Crippen molar-refractivity contribution in [2.24, 2.45) is 0 Å². The number of nitrogens with one attached hydrogen (secondary N) is 3. The molecule has 1 fully saturated rings. The van der Waals surface area contributed by atoms with Gasteiger partial charge in [-0.2, -0.15) is 0 Å². The van der Waals surface area contributed by atoms with Crippen LogP contribution in [0.2, 0.25) is 0 Å². The number of halogens is 1. The first kappa shape index (κ1) is 22.9. The Balaban J connectivity index is 1.45. The third-order valence-corrected chi connectivity index (χ3v) is 5.72. The minimum absolute atomic E-state index is 0.00736. The first-order valence-electron chi connectivity index (χ1n) is 11.2. The molecule has 0 bridgehead atoms. The average molecular weight is 448 g/mol. The lowest BCUT2D eigenvalue weighted by atomic mass is 9.79. The van der Waals surface area contributed by atoms with Crippen molar-refractivity contribution >= 4 is 17.4 Å². The molecule has 2 heterocycles. The van der Waals surface area contributed by atoms with Gasteiger partial charge in [0.1, 0.15) is 11.6 Å². The maximum absolute atomic E-state index is 13.8. The first-order valence-corrected chi connectivity index (χ1v) is 11.2. The van der Waals surface area contributed by atoms with E-state index in [4.69, 9.17) is 4.98 Å². The van der Waals surface area contributed by atoms with Crippen molar-refractivity contribution in [3.63, 3.8) is 0 Å². The van der Waals surface area contributed by atoms with E-state index in [1.165, 1.54) is 12.1 Å². The van der Waals surface area contributed by atoms with Gasteiger partial charge in [0.2, 0.25) is 0 Å². The Morgan fingerprint density at radius 3 is 2.33 bits per heavy atom. The van der Waals surface area contributed by atoms with Crippen LogP contribution >= 0.6 is 0 Å². The van der Waals surface area contributed by atoms with Crippen LogP contribution < -0.4 is 16.0 Å². The van der Waals surface area contributed by atoms with Crippen molar-refractivity contribution in [3.8, 4) is 11.4 Å². The Morgan fingerprint density at radius 1 is 1.00 bits per heavy atom. The number of hydrogen-bond donors (Lipinski definition) is 3. The molecule has 0 saturated carbocycles. The van der Waals surface area contributed by atoms with E-state index in [2.05, 4.69) is 48.6 Å². The van der Waals surface area contributed by atoms with Gasteiger partial charge in [0.25, 0.3) is 5.91 Å². The number of carbonyl (C=O) groups is 1. The summed E-state index contributed by atoms with van der Waals surface area (Å²) in [6.07, 6.45) is 3.73. The molecule has 1 aliphatic rings. The molecule has 0 spiro atoms. The number of aromatic nitrogens is 2. The maximum atomic E-state index is 13.8. The molecule has 0 radical (unpaired) electrons. The molecule has 7 heteroatoms. The topological polar surface area (TPSA) is 78.9 Å². The molecule has 1 amide bonds. The fraction of sp³-hybridized carbons (Fsp3) is 0.346. The normalized spacial score (nSPS) is 17.4. The van der Waals surface area contributed by atoms with Gasteiger partial charge in [0.15, 0.2) is 5.82 Å². The summed E-state index contributed by atoms with van der Waals surface area (Å²) in [6, 6.07) is 15.3. The zero-order chi connectivity index (χ0) is 23.6. The highest BCUT2D eigenvalue weighted by Crippen LogP contribution is 2.30. The highest BCUT2D eigenvalue weighted by Gasteiger charge is 2.37. The minimum atomic E-state index is -0.551. The molecule has 3 aromatic rings. The second-order valence-corrected chi connectivity index (χ2v) is 9.92. The van der Waals surface area contributed by atoms with Gasteiger partial charge in [0, 0.05) is 34.6 Å². The molecular weight excluding hydrogens is 417 g/mol. The number of rotatable bonds is 5. The molecule has 1 saturated heterocycles. The van der Waals surface area contributed by atoms with Crippen LogP contribution in [0.3, 0.4) is 0 Å². The van der Waals surface area contributed by atoms with Gasteiger partial charge in [-0.1, -0.05) is 12.1 Å². The minimum Gasteiger partial charge on any atom is -0.367 e. The monoisotopic (exact) mass is 447 g/mol. The Hall–Kier alpha value is -3.32. The summed E-state index contributed by atoms with van der Waals surface area (Å²) in [5, 5.41) is 9.99. The summed E-state index contributed by atoms with van der Waals surface area (Å²) in [5.41, 5.74) is 1.48. The van der Waals surface area contributed by atoms with Gasteiger partial charge < -0.3 is 16.0 Å². The largest absolute Gasteiger partial charge is 0.367 e. The van der Waals surface area contributed by atoms with E-state index >= 15 is 0 Å². The van der Waals surface area contributed by atoms with Crippen molar-refractivity contribution in [3.05, 3.63) is 72.2 Å². The Labute approximate surface area is 194 Å². The molecule has 33 heavy (non-hydrogen) atoms. The molecule has 1 aromatic heterocycles. The quantitative estimate of drug-likeness (QED) is 0.497. The van der Waals surface area contributed by atoms with E-state index in [-0.39, 0.29) is 16.6 Å². The SMILES string of the molecule is CC1(C)CC(Nc2ccnc(-c3ccc(NC(=O)c4ccccc4F)cc3)n2)CC(C)(C)N1. The fourth-order valence-corrected chi connectivity index (χ4v) is 4.76. The van der Waals surface area contributed by atoms with Crippen molar-refractivity contribution in [2.75, 3.05) is 10.6 Å². The summed E-state index contributed by atoms with van der Waals surface area (Å²) in [4.78, 5) is 21.4. The lowest BCUT2D eigenvalue weighted by Crippen LogP contribution is -2.60. The molecule has 0 atom stereocenters. The van der Waals surface area contributed by atoms with Crippen LogP contribution in [0.25, 0.3) is 11.4 Å². The fourth-order valence-electron chi connectivity index (χ4n) is 4.76. The summed E-state index contributed by atoms with van der Waals surface area (Å²) < 4.78 is 13.8. The lowest BCUT2D eigenvalue weighted by molar-refractivity contribution is 0.102. The van der Waals surface area contributed by atoms with E-state index in [0.717, 1.165) is 24.2 Å². The lowest BCUT2D eigenvalue weighted by Gasteiger charge is -2.46. The highest BCUT2D eigenvalue weighted by molar-refractivity contribution is 6.04. The van der Waals surface area contributed by atoms with Crippen molar-refractivity contribution in [1.82, 2.24) is 15.3 Å². The van der Waals surface area contributed by atoms with Gasteiger partial charge in [-0.25, -0.2) is 14.4 Å². The second-order valence-electron chi connectivity index (χ2n) is 9.92. The second kappa shape index (κ2) is 8.90. The van der Waals surface area contributed by atoms with Crippen LogP contribution in [0, 0.1) is 5.82 Å². The number of amides is 1. The predicted octanol–water partition coefficient (Wildman–Crippen LogP) is 5.26. The first-order chi connectivity index (χ1) is 15.6. The van der Waals surface area contributed by atoms with Crippen molar-refractivity contribution in [2.45, 2.75) is 57.7 Å². The highest BCUT2D eigenvalue weighted by atomic mass is 19.1. The molecule has 0 aliphatic carbocycles. The van der Waals surface area contributed by atoms with Gasteiger partial charge in [-0.05, 0) is 83.0 Å². The molecule has 3 N–H and O–H groups in total. The van der Waals surface area contributed by atoms with Crippen LogP contribution in [-0.4, -0.2) is 33.0 Å². The molecule has 4 rings (SSSR count). The van der Waals surface area contributed by atoms with E-state index in [9.17, 15) is 9.18 Å². The number of hydrogen-bond acceptors (Lipinski definition) is 5. The molecule has 2 aromatic carbocycles. The molecule has 6 nitrogen and oxygen atoms in total. The summed E-state index contributed by atoms with van der Waals surface area (Å²) in [6.45, 7) is 8.89. The summed E-state index contributed by atoms with van der Waals surface area (Å²) in [7, 11) is 0. The zero-order valence-corrected chi connectivity index (χ0v) is 19.4. The van der Waals surface area contributed by atoms with Crippen molar-refractivity contribution in [1.29, 1.82) is 0 Å². The van der Waals surface area contributed by atoms with Crippen LogP contribution in [0.1, 0.15) is 50.9 Å². The van der Waals surface area contributed by atoms with Crippen LogP contribution in [0.4, 0.5) is 15.9 Å². The number of anilines is 2. The summed E-state index contributed by atoms with van der Waals surface area (Å²) in [5.74, 6) is 0.343. The van der Waals surface area contributed by atoms with E-state index < -0.39 is 11.7 Å². The Bertz CT molecular complexity index is 1130. The number of piperidine rings is 1. The zero-order valence-electron chi connectivity index (χ0n) is 19.4. The third-order valence-electron chi connectivity index (χ3n) is 5.72.